The van der Waals surface area contributed by atoms with Gasteiger partial charge in [-0.2, -0.15) is 0 Å². The van der Waals surface area contributed by atoms with Crippen LogP contribution < -0.4 is 4.72 Å². The number of carboxylic acid groups (broad SMARTS) is 1. The molecule has 0 heterocycles. The van der Waals surface area contributed by atoms with Gasteiger partial charge in [-0.25, -0.2) is 9.18 Å². The molecule has 1 aromatic rings. The second kappa shape index (κ2) is 5.35. The lowest BCUT2D eigenvalue weighted by Gasteiger charge is -2.26. The number of rotatable bonds is 3. The zero-order valence-corrected chi connectivity index (χ0v) is 12.5. The molecule has 2 atom stereocenters. The fourth-order valence-corrected chi connectivity index (χ4v) is 3.19. The summed E-state index contributed by atoms with van der Waals surface area (Å²) in [7, 11) is 0. The molecule has 2 N–H and O–H groups in total. The van der Waals surface area contributed by atoms with Gasteiger partial charge < -0.3 is 9.66 Å². The van der Waals surface area contributed by atoms with Gasteiger partial charge in [0.2, 0.25) is 0 Å². The first-order valence-corrected chi connectivity index (χ1v) is 7.59. The normalized spacial score (nSPS) is 19.8. The summed E-state index contributed by atoms with van der Waals surface area (Å²) in [4.78, 5) is 11.2. The van der Waals surface area contributed by atoms with Crippen LogP contribution in [0, 0.1) is 5.82 Å². The van der Waals surface area contributed by atoms with Crippen molar-refractivity contribution in [3.8, 4) is 0 Å². The van der Waals surface area contributed by atoms with E-state index in [9.17, 15) is 13.7 Å². The monoisotopic (exact) mass is 299 g/mol. The van der Waals surface area contributed by atoms with E-state index in [0.29, 0.717) is 24.0 Å². The maximum atomic E-state index is 14.0. The lowest BCUT2D eigenvalue weighted by molar-refractivity contribution is 0.0695. The van der Waals surface area contributed by atoms with Crippen LogP contribution in [0.1, 0.15) is 54.7 Å². The predicted octanol–water partition coefficient (Wildman–Crippen LogP) is 2.56. The smallest absolute Gasteiger partial charge is 0.335 e. The lowest BCUT2D eigenvalue weighted by atomic mass is 10.0. The highest BCUT2D eigenvalue weighted by molar-refractivity contribution is 7.90. The standard InChI is InChI=1S/C14H18FNO3S/c1-14(2,3)20(19)16-11-7-5-8-9(13(17)18)4-6-10(15)12(8)11/h4,6,11,16H,5,7H2,1-3H3,(H,17,18)/t11-,20?/m1/s1. The first-order valence-electron chi connectivity index (χ1n) is 6.44. The van der Waals surface area contributed by atoms with Crippen LogP contribution in [0.3, 0.4) is 0 Å². The van der Waals surface area contributed by atoms with Crippen molar-refractivity contribution in [2.75, 3.05) is 0 Å². The molecule has 110 valence electrons. The highest BCUT2D eigenvalue weighted by Gasteiger charge is 2.36. The van der Waals surface area contributed by atoms with E-state index in [4.69, 9.17) is 5.11 Å². The summed E-state index contributed by atoms with van der Waals surface area (Å²) in [6.45, 7) is 5.49. The zero-order chi connectivity index (χ0) is 15.1. The maximum absolute atomic E-state index is 14.0. The first-order chi connectivity index (χ1) is 9.21. The van der Waals surface area contributed by atoms with E-state index in [0.717, 1.165) is 0 Å². The average Bonchev–Trinajstić information content (AvgIpc) is 2.72. The number of hydrogen-bond donors (Lipinski definition) is 2. The van der Waals surface area contributed by atoms with Gasteiger partial charge in [0.1, 0.15) is 10.6 Å². The Bertz CT molecular complexity index is 542. The van der Waals surface area contributed by atoms with Crippen LogP contribution in [-0.4, -0.2) is 20.4 Å². The SMILES string of the molecule is CC(C)(C)[S+]([O-])N[C@@H]1CCc2c(C(=O)O)ccc(F)c21. The number of benzene rings is 1. The molecule has 0 saturated heterocycles. The summed E-state index contributed by atoms with van der Waals surface area (Å²) in [5.41, 5.74) is 0.996. The number of fused-ring (bicyclic) bond motifs is 1. The number of carboxylic acids is 1. The maximum Gasteiger partial charge on any atom is 0.335 e. The quantitative estimate of drug-likeness (QED) is 0.841. The Morgan fingerprint density at radius 1 is 1.50 bits per heavy atom. The van der Waals surface area contributed by atoms with Crippen LogP contribution in [0.15, 0.2) is 12.1 Å². The van der Waals surface area contributed by atoms with Crippen molar-refractivity contribution in [1.29, 1.82) is 0 Å². The van der Waals surface area contributed by atoms with E-state index < -0.39 is 33.9 Å². The Morgan fingerprint density at radius 2 is 2.15 bits per heavy atom. The van der Waals surface area contributed by atoms with Crippen LogP contribution in [0.25, 0.3) is 0 Å². The van der Waals surface area contributed by atoms with Gasteiger partial charge in [0.15, 0.2) is 0 Å². The third kappa shape index (κ3) is 2.82. The molecule has 0 spiro atoms. The van der Waals surface area contributed by atoms with Gasteiger partial charge in [-0.15, -0.1) is 4.72 Å². The third-order valence-electron chi connectivity index (χ3n) is 3.37. The van der Waals surface area contributed by atoms with E-state index in [1.54, 1.807) is 0 Å². The molecule has 0 amide bonds. The Balaban J connectivity index is 2.33. The Hall–Kier alpha value is -1.11. The molecule has 20 heavy (non-hydrogen) atoms. The Morgan fingerprint density at radius 3 is 2.70 bits per heavy atom. The predicted molar refractivity (Wildman–Crippen MR) is 75.5 cm³/mol. The number of carbonyl (C=O) groups is 1. The van der Waals surface area contributed by atoms with Crippen molar-refractivity contribution in [3.05, 3.63) is 34.6 Å². The topological polar surface area (TPSA) is 72.4 Å². The van der Waals surface area contributed by atoms with Gasteiger partial charge >= 0.3 is 5.97 Å². The molecule has 0 saturated carbocycles. The average molecular weight is 299 g/mol. The molecule has 1 unspecified atom stereocenters. The third-order valence-corrected chi connectivity index (χ3v) is 4.98. The Labute approximate surface area is 120 Å². The Kier molecular flexibility index (Phi) is 4.09. The van der Waals surface area contributed by atoms with Crippen molar-refractivity contribution in [2.24, 2.45) is 0 Å². The molecule has 0 fully saturated rings. The summed E-state index contributed by atoms with van der Waals surface area (Å²) in [5, 5.41) is 9.13. The molecular weight excluding hydrogens is 281 g/mol. The van der Waals surface area contributed by atoms with E-state index in [1.165, 1.54) is 12.1 Å². The largest absolute Gasteiger partial charge is 0.598 e. The van der Waals surface area contributed by atoms with Crippen molar-refractivity contribution in [3.63, 3.8) is 0 Å². The van der Waals surface area contributed by atoms with E-state index >= 15 is 0 Å². The highest BCUT2D eigenvalue weighted by atomic mass is 32.2. The second-order valence-corrected chi connectivity index (χ2v) is 7.88. The fraction of sp³-hybridized carbons (Fsp3) is 0.500. The van der Waals surface area contributed by atoms with E-state index in [2.05, 4.69) is 4.72 Å². The molecule has 6 heteroatoms. The van der Waals surface area contributed by atoms with Crippen LogP contribution in [0.2, 0.25) is 0 Å². The minimum Gasteiger partial charge on any atom is -0.598 e. The lowest BCUT2D eigenvalue weighted by Crippen LogP contribution is -2.40. The molecular formula is C14H18FNO3S. The zero-order valence-electron chi connectivity index (χ0n) is 11.7. The summed E-state index contributed by atoms with van der Waals surface area (Å²) >= 11 is -1.32. The summed E-state index contributed by atoms with van der Waals surface area (Å²) in [6.07, 6.45) is 1.03. The highest BCUT2D eigenvalue weighted by Crippen LogP contribution is 2.36. The van der Waals surface area contributed by atoms with Gasteiger partial charge in [-0.05, 0) is 51.3 Å². The van der Waals surface area contributed by atoms with Gasteiger partial charge in [-0.1, -0.05) is 0 Å². The van der Waals surface area contributed by atoms with Crippen molar-refractivity contribution >= 4 is 17.3 Å². The van der Waals surface area contributed by atoms with Crippen LogP contribution in [-0.2, 0) is 17.8 Å². The molecule has 0 aliphatic heterocycles. The summed E-state index contributed by atoms with van der Waals surface area (Å²) in [5.74, 6) is -1.50. The molecule has 1 aromatic carbocycles. The first kappa shape index (κ1) is 15.3. The van der Waals surface area contributed by atoms with Gasteiger partial charge in [0.05, 0.1) is 11.6 Å². The van der Waals surface area contributed by atoms with E-state index in [-0.39, 0.29) is 5.56 Å². The number of nitrogens with one attached hydrogen (secondary N) is 1. The van der Waals surface area contributed by atoms with Gasteiger partial charge in [0, 0.05) is 16.9 Å². The molecule has 4 nitrogen and oxygen atoms in total. The second-order valence-electron chi connectivity index (χ2n) is 5.88. The van der Waals surface area contributed by atoms with Crippen molar-refractivity contribution in [2.45, 2.75) is 44.4 Å². The van der Waals surface area contributed by atoms with Crippen molar-refractivity contribution in [1.82, 2.24) is 4.72 Å². The van der Waals surface area contributed by atoms with Crippen LogP contribution >= 0.6 is 0 Å². The summed E-state index contributed by atoms with van der Waals surface area (Å²) in [6, 6.07) is 2.06. The molecule has 2 rings (SSSR count). The molecule has 1 aliphatic carbocycles. The van der Waals surface area contributed by atoms with E-state index in [1.807, 2.05) is 20.8 Å². The van der Waals surface area contributed by atoms with Gasteiger partial charge in [0.25, 0.3) is 0 Å². The molecule has 0 bridgehead atoms. The number of halogens is 1. The minimum atomic E-state index is -1.32. The van der Waals surface area contributed by atoms with Crippen LogP contribution in [0.5, 0.6) is 0 Å². The molecule has 1 aliphatic rings. The minimum absolute atomic E-state index is 0.132. The van der Waals surface area contributed by atoms with Crippen molar-refractivity contribution < 1.29 is 18.8 Å². The van der Waals surface area contributed by atoms with Gasteiger partial charge in [-0.3, -0.25) is 0 Å². The number of hydrogen-bond acceptors (Lipinski definition) is 3. The molecule has 0 radical (unpaired) electrons. The summed E-state index contributed by atoms with van der Waals surface area (Å²) < 4.78 is 28.6. The number of aromatic carboxylic acids is 1. The fourth-order valence-electron chi connectivity index (χ4n) is 2.34. The molecule has 0 aromatic heterocycles. The van der Waals surface area contributed by atoms with Crippen LogP contribution in [0.4, 0.5) is 4.39 Å².